The van der Waals surface area contributed by atoms with Crippen LogP contribution in [0.3, 0.4) is 0 Å². The first kappa shape index (κ1) is 27.5. The van der Waals surface area contributed by atoms with Crippen molar-refractivity contribution in [3.8, 4) is 0 Å². The minimum atomic E-state index is -4.80. The van der Waals surface area contributed by atoms with E-state index in [0.29, 0.717) is 5.56 Å². The van der Waals surface area contributed by atoms with Crippen molar-refractivity contribution >= 4 is 29.3 Å². The number of hydrogen-bond donors (Lipinski definition) is 2. The molecule has 0 aliphatic rings. The van der Waals surface area contributed by atoms with E-state index >= 15 is 0 Å². The quantitative estimate of drug-likeness (QED) is 0.153. The molecule has 3 aromatic rings. The molecule has 0 aromatic heterocycles. The number of halogens is 6. The molecular weight excluding hydrogens is 498 g/mol. The third-order valence-electron chi connectivity index (χ3n) is 5.36. The number of amides is 2. The Bertz CT molecular complexity index is 1240. The average molecular weight is 520 g/mol. The maximum absolute atomic E-state index is 13.4. The lowest BCUT2D eigenvalue weighted by atomic mass is 10.0. The number of hydrogen-bond acceptors (Lipinski definition) is 2. The van der Waals surface area contributed by atoms with E-state index in [1.165, 1.54) is 12.1 Å². The Balaban J connectivity index is 2.02. The molecule has 0 fully saturated rings. The van der Waals surface area contributed by atoms with Gasteiger partial charge in [-0.1, -0.05) is 62.4 Å². The minimum absolute atomic E-state index is 0.182. The van der Waals surface area contributed by atoms with Crippen molar-refractivity contribution in [1.82, 2.24) is 0 Å². The molecule has 3 aromatic carbocycles. The number of anilines is 2. The third kappa shape index (κ3) is 6.99. The second kappa shape index (κ2) is 10.9. The van der Waals surface area contributed by atoms with Crippen LogP contribution in [0.15, 0.2) is 78.4 Å². The fourth-order valence-electron chi connectivity index (χ4n) is 3.44. The molecule has 4 nitrogen and oxygen atoms in total. The van der Waals surface area contributed by atoms with E-state index in [9.17, 15) is 35.9 Å². The minimum Gasteiger partial charge on any atom is -0.321 e. The summed E-state index contributed by atoms with van der Waals surface area (Å²) in [5, 5.41) is 4.14. The van der Waals surface area contributed by atoms with Gasteiger partial charge in [0.05, 0.1) is 22.5 Å². The van der Waals surface area contributed by atoms with E-state index in [0.717, 1.165) is 48.0 Å². The number of nitrogens with one attached hydrogen (secondary N) is 2. The fourth-order valence-corrected chi connectivity index (χ4v) is 3.44. The van der Waals surface area contributed by atoms with Crippen LogP contribution in [-0.4, -0.2) is 11.8 Å². The summed E-state index contributed by atoms with van der Waals surface area (Å²) in [6, 6.07) is 15.0. The topological polar surface area (TPSA) is 58.2 Å². The first-order valence-corrected chi connectivity index (χ1v) is 11.0. The molecule has 194 valence electrons. The number of rotatable bonds is 6. The van der Waals surface area contributed by atoms with Crippen molar-refractivity contribution in [2.45, 2.75) is 32.1 Å². The van der Waals surface area contributed by atoms with Gasteiger partial charge in [-0.3, -0.25) is 9.59 Å². The van der Waals surface area contributed by atoms with E-state index in [-0.39, 0.29) is 5.92 Å². The summed E-state index contributed by atoms with van der Waals surface area (Å²) in [6.07, 6.45) is -8.50. The van der Waals surface area contributed by atoms with Gasteiger partial charge >= 0.3 is 12.4 Å². The lowest BCUT2D eigenvalue weighted by molar-refractivity contribution is -0.137. The molecule has 0 unspecified atom stereocenters. The Kier molecular flexibility index (Phi) is 8.10. The average Bonchev–Trinajstić information content (AvgIpc) is 2.82. The first-order chi connectivity index (χ1) is 17.3. The molecule has 2 N–H and O–H groups in total. The molecule has 0 heterocycles. The second-order valence-corrected chi connectivity index (χ2v) is 8.37. The predicted molar refractivity (Wildman–Crippen MR) is 129 cm³/mol. The van der Waals surface area contributed by atoms with Crippen LogP contribution in [0.25, 0.3) is 6.08 Å². The SMILES string of the molecule is CC(C)c1ccc(C=C(C(=O)Nc2ccccc2C(F)(F)F)C(=O)Nc2ccccc2C(F)(F)F)cc1. The Labute approximate surface area is 209 Å². The van der Waals surface area contributed by atoms with Crippen molar-refractivity contribution in [2.75, 3.05) is 10.6 Å². The van der Waals surface area contributed by atoms with Gasteiger partial charge in [-0.15, -0.1) is 0 Å². The lowest BCUT2D eigenvalue weighted by Gasteiger charge is -2.16. The Morgan fingerprint density at radius 2 is 1.08 bits per heavy atom. The van der Waals surface area contributed by atoms with Gasteiger partial charge in [-0.25, -0.2) is 0 Å². The highest BCUT2D eigenvalue weighted by atomic mass is 19.4. The molecule has 0 saturated carbocycles. The summed E-state index contributed by atoms with van der Waals surface area (Å²) in [5.41, 5.74) is -2.90. The van der Waals surface area contributed by atoms with Crippen LogP contribution in [0.5, 0.6) is 0 Å². The van der Waals surface area contributed by atoms with Crippen LogP contribution in [0, 0.1) is 0 Å². The van der Waals surface area contributed by atoms with Crippen molar-refractivity contribution in [1.29, 1.82) is 0 Å². The van der Waals surface area contributed by atoms with Gasteiger partial charge in [0, 0.05) is 0 Å². The normalized spacial score (nSPS) is 11.7. The summed E-state index contributed by atoms with van der Waals surface area (Å²) in [4.78, 5) is 26.1. The highest BCUT2D eigenvalue weighted by molar-refractivity contribution is 6.29. The van der Waals surface area contributed by atoms with Crippen LogP contribution >= 0.6 is 0 Å². The second-order valence-electron chi connectivity index (χ2n) is 8.37. The summed E-state index contributed by atoms with van der Waals surface area (Å²) < 4.78 is 80.4. The maximum atomic E-state index is 13.4. The number of alkyl halides is 6. The zero-order chi connectivity index (χ0) is 27.4. The first-order valence-electron chi connectivity index (χ1n) is 11.0. The smallest absolute Gasteiger partial charge is 0.321 e. The van der Waals surface area contributed by atoms with Crippen LogP contribution in [0.2, 0.25) is 0 Å². The summed E-state index contributed by atoms with van der Waals surface area (Å²) in [6.45, 7) is 3.90. The van der Waals surface area contributed by atoms with Crippen LogP contribution < -0.4 is 10.6 Å². The molecule has 0 bridgehead atoms. The van der Waals surface area contributed by atoms with E-state index in [1.807, 2.05) is 13.8 Å². The molecule has 37 heavy (non-hydrogen) atoms. The Morgan fingerprint density at radius 3 is 1.46 bits per heavy atom. The Morgan fingerprint density at radius 1 is 0.676 bits per heavy atom. The zero-order valence-corrected chi connectivity index (χ0v) is 19.7. The van der Waals surface area contributed by atoms with E-state index in [2.05, 4.69) is 10.6 Å². The lowest BCUT2D eigenvalue weighted by Crippen LogP contribution is -2.27. The molecule has 0 atom stereocenters. The molecule has 2 amide bonds. The standard InChI is InChI=1S/C27H22F6N2O2/c1-16(2)18-13-11-17(12-14-18)15-19(24(36)34-22-9-5-3-7-20(22)26(28,29)30)25(37)35-23-10-6-4-8-21(23)27(31,32)33/h3-16H,1-2H3,(H,34,36)(H,35,37). The van der Waals surface area contributed by atoms with Gasteiger partial charge in [-0.05, 0) is 47.4 Å². The zero-order valence-electron chi connectivity index (χ0n) is 19.7. The van der Waals surface area contributed by atoms with Crippen molar-refractivity contribution in [3.05, 3.63) is 101 Å². The van der Waals surface area contributed by atoms with Crippen molar-refractivity contribution in [2.24, 2.45) is 0 Å². The van der Waals surface area contributed by atoms with Crippen LogP contribution in [-0.2, 0) is 21.9 Å². The van der Waals surface area contributed by atoms with E-state index in [4.69, 9.17) is 0 Å². The maximum Gasteiger partial charge on any atom is 0.418 e. The molecule has 10 heteroatoms. The molecule has 0 aliphatic carbocycles. The van der Waals surface area contributed by atoms with Gasteiger partial charge in [-0.2, -0.15) is 26.3 Å². The summed E-state index contributed by atoms with van der Waals surface area (Å²) >= 11 is 0. The monoisotopic (exact) mass is 520 g/mol. The number of carbonyl (C=O) groups excluding carboxylic acids is 2. The van der Waals surface area contributed by atoms with Crippen LogP contribution in [0.1, 0.15) is 42.0 Å². The molecule has 0 radical (unpaired) electrons. The molecule has 3 rings (SSSR count). The summed E-state index contributed by atoms with van der Waals surface area (Å²) in [5.74, 6) is -2.28. The highest BCUT2D eigenvalue weighted by Gasteiger charge is 2.35. The van der Waals surface area contributed by atoms with Crippen molar-refractivity contribution < 1.29 is 35.9 Å². The summed E-state index contributed by atoms with van der Waals surface area (Å²) in [7, 11) is 0. The van der Waals surface area contributed by atoms with Gasteiger partial charge in [0.25, 0.3) is 11.8 Å². The van der Waals surface area contributed by atoms with E-state index in [1.54, 1.807) is 24.3 Å². The molecule has 0 saturated heterocycles. The number of para-hydroxylation sites is 2. The van der Waals surface area contributed by atoms with Crippen LogP contribution in [0.4, 0.5) is 37.7 Å². The number of carbonyl (C=O) groups is 2. The van der Waals surface area contributed by atoms with Gasteiger partial charge in [0.1, 0.15) is 5.57 Å². The molecule has 0 aliphatic heterocycles. The predicted octanol–water partition coefficient (Wildman–Crippen LogP) is 7.51. The van der Waals surface area contributed by atoms with Gasteiger partial charge < -0.3 is 10.6 Å². The van der Waals surface area contributed by atoms with Gasteiger partial charge in [0.15, 0.2) is 0 Å². The van der Waals surface area contributed by atoms with Gasteiger partial charge in [0.2, 0.25) is 0 Å². The number of benzene rings is 3. The molecule has 0 spiro atoms. The molecular formula is C27H22F6N2O2. The van der Waals surface area contributed by atoms with Crippen molar-refractivity contribution in [3.63, 3.8) is 0 Å². The van der Waals surface area contributed by atoms with E-state index < -0.39 is 52.2 Å². The largest absolute Gasteiger partial charge is 0.418 e. The fraction of sp³-hybridized carbons (Fsp3) is 0.185. The highest BCUT2D eigenvalue weighted by Crippen LogP contribution is 2.36. The third-order valence-corrected chi connectivity index (χ3v) is 5.36. The Hall–Kier alpha value is -4.08.